The molecular weight excluding hydrogens is 252 g/mol. The van der Waals surface area contributed by atoms with Crippen molar-refractivity contribution in [1.82, 2.24) is 0 Å². The molecule has 4 rings (SSSR count). The molecule has 2 aromatic carbocycles. The third-order valence-electron chi connectivity index (χ3n) is 4.53. The molecular formula is C21H18. The molecule has 0 saturated heterocycles. The topological polar surface area (TPSA) is 0 Å². The van der Waals surface area contributed by atoms with Crippen molar-refractivity contribution in [2.45, 2.75) is 19.3 Å². The quantitative estimate of drug-likeness (QED) is 0.624. The Morgan fingerprint density at radius 2 is 1.81 bits per heavy atom. The van der Waals surface area contributed by atoms with Crippen LogP contribution in [0.15, 0.2) is 89.6 Å². The van der Waals surface area contributed by atoms with E-state index >= 15 is 0 Å². The Morgan fingerprint density at radius 3 is 2.76 bits per heavy atom. The van der Waals surface area contributed by atoms with Crippen molar-refractivity contribution in [1.29, 1.82) is 0 Å². The number of hydrogen-bond acceptors (Lipinski definition) is 0. The van der Waals surface area contributed by atoms with E-state index in [1.165, 1.54) is 33.1 Å². The van der Waals surface area contributed by atoms with Gasteiger partial charge in [0, 0.05) is 5.92 Å². The van der Waals surface area contributed by atoms with Gasteiger partial charge in [0.1, 0.15) is 0 Å². The van der Waals surface area contributed by atoms with E-state index in [1.54, 1.807) is 0 Å². The summed E-state index contributed by atoms with van der Waals surface area (Å²) >= 11 is 0. The summed E-state index contributed by atoms with van der Waals surface area (Å²) in [5, 5.41) is 2.70. The summed E-state index contributed by atoms with van der Waals surface area (Å²) in [5.41, 5.74) is 5.82. The Bertz CT molecular complexity index is 823. The molecule has 0 heteroatoms. The largest absolute Gasteiger partial charge is 0.0801 e. The predicted octanol–water partition coefficient (Wildman–Crippen LogP) is 5.70. The molecule has 0 N–H and O–H groups in total. The van der Waals surface area contributed by atoms with Crippen LogP contribution in [0.25, 0.3) is 10.8 Å². The first-order valence-corrected chi connectivity index (χ1v) is 7.57. The summed E-state index contributed by atoms with van der Waals surface area (Å²) in [6.07, 6.45) is 12.3. The van der Waals surface area contributed by atoms with Crippen molar-refractivity contribution < 1.29 is 0 Å². The molecule has 0 saturated carbocycles. The summed E-state index contributed by atoms with van der Waals surface area (Å²) in [7, 11) is 0. The van der Waals surface area contributed by atoms with Crippen LogP contribution in [0.2, 0.25) is 0 Å². The number of hydrogen-bond donors (Lipinski definition) is 0. The van der Waals surface area contributed by atoms with E-state index in [4.69, 9.17) is 0 Å². The molecule has 0 spiro atoms. The van der Waals surface area contributed by atoms with E-state index in [0.29, 0.717) is 5.92 Å². The predicted molar refractivity (Wildman–Crippen MR) is 90.4 cm³/mol. The lowest BCUT2D eigenvalue weighted by molar-refractivity contribution is 0.977. The minimum Gasteiger partial charge on any atom is -0.0801 e. The first kappa shape index (κ1) is 12.4. The second-order valence-electron chi connectivity index (χ2n) is 5.86. The van der Waals surface area contributed by atoms with E-state index in [9.17, 15) is 0 Å². The third-order valence-corrected chi connectivity index (χ3v) is 4.53. The second kappa shape index (κ2) is 4.89. The van der Waals surface area contributed by atoms with Gasteiger partial charge in [-0.05, 0) is 40.8 Å². The Hall–Kier alpha value is -2.34. The SMILES string of the molecule is CC1=CC2=C(C=CC=CC2)C1c1cccc2ccccc12. The molecule has 0 aliphatic heterocycles. The summed E-state index contributed by atoms with van der Waals surface area (Å²) in [4.78, 5) is 0. The Morgan fingerprint density at radius 1 is 0.952 bits per heavy atom. The van der Waals surface area contributed by atoms with Crippen molar-refractivity contribution in [3.63, 3.8) is 0 Å². The summed E-state index contributed by atoms with van der Waals surface area (Å²) in [5.74, 6) is 0.405. The second-order valence-corrected chi connectivity index (χ2v) is 5.86. The molecule has 2 aromatic rings. The van der Waals surface area contributed by atoms with Gasteiger partial charge in [0.25, 0.3) is 0 Å². The van der Waals surface area contributed by atoms with Crippen LogP contribution in [-0.4, -0.2) is 0 Å². The van der Waals surface area contributed by atoms with Crippen LogP contribution in [0.1, 0.15) is 24.8 Å². The molecule has 102 valence electrons. The lowest BCUT2D eigenvalue weighted by Gasteiger charge is -2.18. The van der Waals surface area contributed by atoms with Crippen LogP contribution >= 0.6 is 0 Å². The van der Waals surface area contributed by atoms with Crippen LogP contribution in [0.4, 0.5) is 0 Å². The zero-order valence-electron chi connectivity index (χ0n) is 12.2. The van der Waals surface area contributed by atoms with Gasteiger partial charge < -0.3 is 0 Å². The molecule has 21 heavy (non-hydrogen) atoms. The highest BCUT2D eigenvalue weighted by atomic mass is 14.3. The van der Waals surface area contributed by atoms with Crippen LogP contribution in [0.5, 0.6) is 0 Å². The minimum atomic E-state index is 0.405. The average Bonchev–Trinajstić information content (AvgIpc) is 2.68. The van der Waals surface area contributed by atoms with Gasteiger partial charge in [-0.1, -0.05) is 78.4 Å². The van der Waals surface area contributed by atoms with E-state index in [-0.39, 0.29) is 0 Å². The highest BCUT2D eigenvalue weighted by molar-refractivity contribution is 5.87. The Balaban J connectivity index is 1.93. The highest BCUT2D eigenvalue weighted by Crippen LogP contribution is 2.44. The maximum atomic E-state index is 2.38. The smallest absolute Gasteiger partial charge is 0.0308 e. The van der Waals surface area contributed by atoms with E-state index in [2.05, 4.69) is 79.8 Å². The number of benzene rings is 2. The maximum Gasteiger partial charge on any atom is 0.0308 e. The Labute approximate surface area is 125 Å². The van der Waals surface area contributed by atoms with Gasteiger partial charge in [0.05, 0.1) is 0 Å². The zero-order chi connectivity index (χ0) is 14.2. The van der Waals surface area contributed by atoms with Gasteiger partial charge in [-0.15, -0.1) is 0 Å². The Kier molecular flexibility index (Phi) is 2.89. The molecule has 0 nitrogen and oxygen atoms in total. The summed E-state index contributed by atoms with van der Waals surface area (Å²) in [6, 6.07) is 15.4. The zero-order valence-corrected chi connectivity index (χ0v) is 12.2. The highest BCUT2D eigenvalue weighted by Gasteiger charge is 2.26. The van der Waals surface area contributed by atoms with E-state index in [1.807, 2.05) is 0 Å². The van der Waals surface area contributed by atoms with E-state index in [0.717, 1.165) is 6.42 Å². The maximum absolute atomic E-state index is 2.38. The molecule has 0 fully saturated rings. The average molecular weight is 270 g/mol. The van der Waals surface area contributed by atoms with Gasteiger partial charge in [-0.2, -0.15) is 0 Å². The molecule has 0 aromatic heterocycles. The third kappa shape index (κ3) is 1.99. The first-order chi connectivity index (χ1) is 10.3. The minimum absolute atomic E-state index is 0.405. The van der Waals surface area contributed by atoms with Gasteiger partial charge in [-0.3, -0.25) is 0 Å². The standard InChI is InChI=1S/C21H18/c1-15-14-17-9-3-2-4-12-19(17)21(15)20-13-7-10-16-8-5-6-11-18(16)20/h2-8,10-14,21H,9H2,1H3. The normalized spacial score (nSPS) is 20.6. The molecule has 0 amide bonds. The lowest BCUT2D eigenvalue weighted by Crippen LogP contribution is -2.01. The van der Waals surface area contributed by atoms with Crippen LogP contribution in [-0.2, 0) is 0 Å². The number of allylic oxidation sites excluding steroid dienone is 8. The van der Waals surface area contributed by atoms with Gasteiger partial charge in [0.2, 0.25) is 0 Å². The molecule has 2 aliphatic rings. The van der Waals surface area contributed by atoms with Crippen LogP contribution in [0, 0.1) is 0 Å². The van der Waals surface area contributed by atoms with Crippen molar-refractivity contribution >= 4 is 10.8 Å². The summed E-state index contributed by atoms with van der Waals surface area (Å²) < 4.78 is 0. The molecule has 1 atom stereocenters. The van der Waals surface area contributed by atoms with Crippen molar-refractivity contribution in [3.05, 3.63) is 95.1 Å². The van der Waals surface area contributed by atoms with E-state index < -0.39 is 0 Å². The van der Waals surface area contributed by atoms with Gasteiger partial charge in [-0.25, -0.2) is 0 Å². The molecule has 0 heterocycles. The molecule has 0 radical (unpaired) electrons. The fourth-order valence-corrected chi connectivity index (χ4v) is 3.60. The number of rotatable bonds is 1. The first-order valence-electron chi connectivity index (χ1n) is 7.57. The van der Waals surface area contributed by atoms with Crippen LogP contribution < -0.4 is 0 Å². The summed E-state index contributed by atoms with van der Waals surface area (Å²) in [6.45, 7) is 2.26. The monoisotopic (exact) mass is 270 g/mol. The van der Waals surface area contributed by atoms with Crippen molar-refractivity contribution in [2.75, 3.05) is 0 Å². The van der Waals surface area contributed by atoms with Crippen molar-refractivity contribution in [2.24, 2.45) is 0 Å². The molecule has 0 bridgehead atoms. The molecule has 1 unspecified atom stereocenters. The van der Waals surface area contributed by atoms with Crippen LogP contribution in [0.3, 0.4) is 0 Å². The van der Waals surface area contributed by atoms with Crippen molar-refractivity contribution in [3.8, 4) is 0 Å². The fourth-order valence-electron chi connectivity index (χ4n) is 3.60. The van der Waals surface area contributed by atoms with Gasteiger partial charge in [0.15, 0.2) is 0 Å². The fraction of sp³-hybridized carbons (Fsp3) is 0.143. The molecule has 2 aliphatic carbocycles. The number of fused-ring (bicyclic) bond motifs is 1. The lowest BCUT2D eigenvalue weighted by atomic mass is 9.85. The van der Waals surface area contributed by atoms with Gasteiger partial charge >= 0.3 is 0 Å².